The Morgan fingerprint density at radius 3 is 3.38 bits per heavy atom. The average Bonchev–Trinajstić information content (AvgIpc) is 2.15. The van der Waals surface area contributed by atoms with E-state index < -0.39 is 0 Å². The maximum Gasteiger partial charge on any atom is 0.287 e. The quantitative estimate of drug-likeness (QED) is 0.523. The van der Waals surface area contributed by atoms with Crippen LogP contribution in [0.3, 0.4) is 0 Å². The molecule has 2 heterocycles. The van der Waals surface area contributed by atoms with Crippen molar-refractivity contribution in [3.8, 4) is 0 Å². The molecule has 0 aromatic carbocycles. The first-order valence-electron chi connectivity index (χ1n) is 1.96. The molecule has 0 aliphatic rings. The van der Waals surface area contributed by atoms with Gasteiger partial charge in [-0.1, -0.05) is 11.3 Å². The van der Waals surface area contributed by atoms with Crippen LogP contribution in [-0.4, -0.2) is 9.97 Å². The topological polar surface area (TPSA) is 38.9 Å². The van der Waals surface area contributed by atoms with Crippen LogP contribution in [0.25, 0.3) is 10.5 Å². The van der Waals surface area contributed by atoms with E-state index in [2.05, 4.69) is 26.3 Å². The monoisotopic (exact) mass is 124 g/mol. The maximum absolute atomic E-state index is 4.69. The van der Waals surface area contributed by atoms with Crippen LogP contribution in [-0.2, 0) is 0 Å². The molecular formula is C4N2OS. The fraction of sp³-hybridized carbons (Fsp3) is 0. The Morgan fingerprint density at radius 2 is 2.50 bits per heavy atom. The van der Waals surface area contributed by atoms with Gasteiger partial charge in [-0.2, -0.15) is 9.97 Å². The van der Waals surface area contributed by atoms with E-state index in [0.717, 1.165) is 4.83 Å². The van der Waals surface area contributed by atoms with Gasteiger partial charge >= 0.3 is 0 Å². The van der Waals surface area contributed by atoms with Crippen molar-refractivity contribution < 1.29 is 4.42 Å². The van der Waals surface area contributed by atoms with Crippen LogP contribution in [0.5, 0.6) is 0 Å². The summed E-state index contributed by atoms with van der Waals surface area (Å²) in [6.07, 6.45) is 2.32. The third-order valence-electron chi connectivity index (χ3n) is 0.762. The molecule has 0 atom stereocenters. The molecule has 0 N–H and O–H groups in total. The minimum absolute atomic E-state index is 0.523. The lowest BCUT2D eigenvalue weighted by atomic mass is 10.9. The van der Waals surface area contributed by atoms with Crippen molar-refractivity contribution in [3.05, 3.63) is 11.9 Å². The highest BCUT2D eigenvalue weighted by Crippen LogP contribution is 2.12. The van der Waals surface area contributed by atoms with Gasteiger partial charge in [-0.15, -0.1) is 0 Å². The highest BCUT2D eigenvalue weighted by Gasteiger charge is 1.98. The van der Waals surface area contributed by atoms with Gasteiger partial charge in [-0.25, -0.2) is 0 Å². The maximum atomic E-state index is 4.69. The van der Waals surface area contributed by atoms with Crippen LogP contribution >= 0.6 is 11.3 Å². The number of oxazole rings is 1. The van der Waals surface area contributed by atoms with E-state index in [0.29, 0.717) is 5.71 Å². The largest absolute Gasteiger partial charge is 0.412 e. The lowest BCUT2D eigenvalue weighted by molar-refractivity contribution is 0.580. The van der Waals surface area contributed by atoms with Crippen LogP contribution in [0.2, 0.25) is 0 Å². The molecular weight excluding hydrogens is 124 g/mol. The number of rotatable bonds is 0. The Hall–Kier alpha value is -0.900. The Bertz CT molecular complexity index is 235. The highest BCUT2D eigenvalue weighted by atomic mass is 32.1. The first-order chi connectivity index (χ1) is 3.97. The van der Waals surface area contributed by atoms with Crippen LogP contribution in [0.15, 0.2) is 4.42 Å². The predicted octanol–water partition coefficient (Wildman–Crippen LogP) is 0.885. The molecule has 0 saturated carbocycles. The van der Waals surface area contributed by atoms with E-state index in [4.69, 9.17) is 0 Å². The molecule has 3 nitrogen and oxygen atoms in total. The summed E-state index contributed by atoms with van der Waals surface area (Å²) >= 11 is 1.32. The van der Waals surface area contributed by atoms with E-state index in [-0.39, 0.29) is 0 Å². The summed E-state index contributed by atoms with van der Waals surface area (Å²) < 4.78 is 4.69. The molecule has 2 aromatic heterocycles. The minimum Gasteiger partial charge on any atom is -0.412 e. The van der Waals surface area contributed by atoms with Crippen molar-refractivity contribution >= 4 is 21.9 Å². The molecule has 0 aliphatic carbocycles. The zero-order chi connectivity index (χ0) is 5.40. The van der Waals surface area contributed by atoms with Gasteiger partial charge in [0.25, 0.3) is 12.1 Å². The standard InChI is InChI=1S/C4N2OS/c1-5-4-3(7-1)6-2-8-4. The van der Waals surface area contributed by atoms with Gasteiger partial charge in [-0.05, 0) is 0 Å². The Kier molecular flexibility index (Phi) is 0.648. The Balaban J connectivity index is 3.06. The van der Waals surface area contributed by atoms with Crippen molar-refractivity contribution in [2.24, 2.45) is 0 Å². The summed E-state index contributed by atoms with van der Waals surface area (Å²) in [6.45, 7) is 0. The molecule has 0 unspecified atom stereocenters. The van der Waals surface area contributed by atoms with Gasteiger partial charge in [0.05, 0.1) is 0 Å². The van der Waals surface area contributed by atoms with Gasteiger partial charge in [0, 0.05) is 0 Å². The van der Waals surface area contributed by atoms with Gasteiger partial charge < -0.3 is 4.42 Å². The van der Waals surface area contributed by atoms with Crippen LogP contribution < -0.4 is 0 Å². The number of fused-ring (bicyclic) bond motifs is 1. The van der Waals surface area contributed by atoms with Crippen molar-refractivity contribution in [1.29, 1.82) is 0 Å². The molecule has 0 aliphatic heterocycles. The van der Waals surface area contributed by atoms with Crippen LogP contribution in [0.1, 0.15) is 0 Å². The molecule has 2 aromatic rings. The number of thiazole rings is 1. The van der Waals surface area contributed by atoms with Crippen LogP contribution in [0.4, 0.5) is 0 Å². The molecule has 0 bridgehead atoms. The summed E-state index contributed by atoms with van der Waals surface area (Å²) in [4.78, 5) is 8.18. The lowest BCUT2D eigenvalue weighted by Gasteiger charge is -1.60. The Morgan fingerprint density at radius 1 is 1.50 bits per heavy atom. The fourth-order valence-electron chi connectivity index (χ4n) is 0.444. The molecule has 4 heteroatoms. The van der Waals surface area contributed by atoms with Gasteiger partial charge in [0.1, 0.15) is 0 Å². The first-order valence-corrected chi connectivity index (χ1v) is 2.78. The summed E-state index contributed by atoms with van der Waals surface area (Å²) in [5.41, 5.74) is 3.16. The fourth-order valence-corrected chi connectivity index (χ4v) is 0.916. The van der Waals surface area contributed by atoms with E-state index in [1.807, 2.05) is 0 Å². The normalized spacial score (nSPS) is 10.5. The van der Waals surface area contributed by atoms with E-state index >= 15 is 0 Å². The molecule has 0 spiro atoms. The molecule has 0 fully saturated rings. The lowest BCUT2D eigenvalue weighted by Crippen LogP contribution is -1.51. The van der Waals surface area contributed by atoms with Crippen LogP contribution in [0, 0.1) is 11.9 Å². The van der Waals surface area contributed by atoms with Gasteiger partial charge in [-0.3, -0.25) is 0 Å². The second-order valence-electron chi connectivity index (χ2n) is 1.22. The van der Waals surface area contributed by atoms with Crippen molar-refractivity contribution in [2.45, 2.75) is 0 Å². The summed E-state index contributed by atoms with van der Waals surface area (Å²) in [6, 6.07) is 0. The second-order valence-corrected chi connectivity index (χ2v) is 1.99. The number of hydrogen-bond donors (Lipinski definition) is 0. The first kappa shape index (κ1) is 4.03. The zero-order valence-electron chi connectivity index (χ0n) is 3.71. The van der Waals surface area contributed by atoms with E-state index in [1.165, 1.54) is 11.3 Å². The molecule has 38 valence electrons. The summed E-state index contributed by atoms with van der Waals surface area (Å²) in [5.74, 6) is 0. The third-order valence-corrected chi connectivity index (χ3v) is 1.40. The molecule has 0 amide bonds. The highest BCUT2D eigenvalue weighted by molar-refractivity contribution is 7.15. The van der Waals surface area contributed by atoms with Crippen molar-refractivity contribution in [2.75, 3.05) is 0 Å². The Labute approximate surface area is 49.0 Å². The van der Waals surface area contributed by atoms with E-state index in [1.54, 1.807) is 0 Å². The number of aromatic nitrogens is 2. The molecule has 2 radical (unpaired) electrons. The van der Waals surface area contributed by atoms with Crippen molar-refractivity contribution in [1.82, 2.24) is 9.97 Å². The minimum atomic E-state index is 0.523. The third kappa shape index (κ3) is 0.376. The summed E-state index contributed by atoms with van der Waals surface area (Å²) in [5, 5.41) is 0. The number of hydrogen-bond acceptors (Lipinski definition) is 4. The second kappa shape index (κ2) is 1.29. The van der Waals surface area contributed by atoms with E-state index in [9.17, 15) is 0 Å². The SMILES string of the molecule is [c]1nc2s[c]nc2o1. The zero-order valence-corrected chi connectivity index (χ0v) is 4.53. The summed E-state index contributed by atoms with van der Waals surface area (Å²) in [7, 11) is 0. The number of nitrogens with zero attached hydrogens (tertiary/aromatic N) is 2. The van der Waals surface area contributed by atoms with Gasteiger partial charge in [0.2, 0.25) is 0 Å². The molecule has 8 heavy (non-hydrogen) atoms. The average molecular weight is 124 g/mol. The van der Waals surface area contributed by atoms with Crippen molar-refractivity contribution in [3.63, 3.8) is 0 Å². The molecule has 2 rings (SSSR count). The molecule has 0 saturated heterocycles. The predicted molar refractivity (Wildman–Crippen MR) is 27.4 cm³/mol. The van der Waals surface area contributed by atoms with Gasteiger partial charge in [0.15, 0.2) is 10.3 Å². The smallest absolute Gasteiger partial charge is 0.287 e.